The molecule has 0 aromatic heterocycles. The van der Waals surface area contributed by atoms with Gasteiger partial charge in [-0.3, -0.25) is 0 Å². The topological polar surface area (TPSA) is 12.0 Å². The molecule has 0 aliphatic heterocycles. The van der Waals surface area contributed by atoms with Crippen LogP contribution in [-0.4, -0.2) is 13.1 Å². The molecule has 0 unspecified atom stereocenters. The van der Waals surface area contributed by atoms with Gasteiger partial charge < -0.3 is 5.32 Å². The van der Waals surface area contributed by atoms with Crippen LogP contribution in [0.4, 0.5) is 0 Å². The van der Waals surface area contributed by atoms with Crippen LogP contribution in [0, 0.1) is 11.3 Å². The van der Waals surface area contributed by atoms with E-state index in [9.17, 15) is 0 Å². The first-order chi connectivity index (χ1) is 9.01. The fourth-order valence-corrected chi connectivity index (χ4v) is 2.67. The van der Waals surface area contributed by atoms with Crippen LogP contribution in [0.15, 0.2) is 24.3 Å². The number of rotatable bonds is 7. The Morgan fingerprint density at radius 2 is 1.68 bits per heavy atom. The first kappa shape index (κ1) is 14.6. The Morgan fingerprint density at radius 1 is 1.05 bits per heavy atom. The quantitative estimate of drug-likeness (QED) is 0.766. The smallest absolute Gasteiger partial charge is 0.00111 e. The Morgan fingerprint density at radius 3 is 2.16 bits per heavy atom. The van der Waals surface area contributed by atoms with Gasteiger partial charge in [0.25, 0.3) is 0 Å². The summed E-state index contributed by atoms with van der Waals surface area (Å²) in [5.74, 6) is 1.39. The van der Waals surface area contributed by atoms with Crippen molar-refractivity contribution in [3.05, 3.63) is 35.4 Å². The molecule has 1 aliphatic rings. The first-order valence-corrected chi connectivity index (χ1v) is 7.80. The van der Waals surface area contributed by atoms with Crippen molar-refractivity contribution < 1.29 is 0 Å². The summed E-state index contributed by atoms with van der Waals surface area (Å²) < 4.78 is 0. The van der Waals surface area contributed by atoms with Crippen molar-refractivity contribution >= 4 is 0 Å². The molecule has 1 aromatic rings. The molecule has 0 amide bonds. The summed E-state index contributed by atoms with van der Waals surface area (Å²) in [5, 5.41) is 3.64. The van der Waals surface area contributed by atoms with E-state index < -0.39 is 0 Å². The maximum Gasteiger partial charge on any atom is 0.00111 e. The van der Waals surface area contributed by atoms with Crippen molar-refractivity contribution in [3.63, 3.8) is 0 Å². The van der Waals surface area contributed by atoms with Crippen LogP contribution < -0.4 is 5.32 Å². The molecule has 1 aliphatic carbocycles. The second-order valence-electron chi connectivity index (χ2n) is 7.10. The van der Waals surface area contributed by atoms with Gasteiger partial charge in [0.1, 0.15) is 0 Å². The zero-order valence-corrected chi connectivity index (χ0v) is 13.0. The number of benzene rings is 1. The highest BCUT2D eigenvalue weighted by Crippen LogP contribution is 2.47. The molecule has 0 saturated heterocycles. The fourth-order valence-electron chi connectivity index (χ4n) is 2.67. The van der Waals surface area contributed by atoms with Crippen molar-refractivity contribution in [2.24, 2.45) is 11.3 Å². The van der Waals surface area contributed by atoms with Crippen LogP contribution in [0.5, 0.6) is 0 Å². The lowest BCUT2D eigenvalue weighted by Crippen LogP contribution is -2.28. The first-order valence-electron chi connectivity index (χ1n) is 7.80. The Kier molecular flexibility index (Phi) is 4.67. The standard InChI is InChI=1S/C18H29N/c1-14(2)12-19-13-18(9-10-18)11-16-5-7-17(8-6-16)15(3)4/h5-8,14-15,19H,9-13H2,1-4H3. The average molecular weight is 259 g/mol. The van der Waals surface area contributed by atoms with E-state index in [1.165, 1.54) is 36.9 Å². The number of hydrogen-bond donors (Lipinski definition) is 1. The van der Waals surface area contributed by atoms with E-state index in [4.69, 9.17) is 0 Å². The van der Waals surface area contributed by atoms with Crippen molar-refractivity contribution in [1.82, 2.24) is 5.32 Å². The van der Waals surface area contributed by atoms with Crippen LogP contribution >= 0.6 is 0 Å². The molecule has 0 radical (unpaired) electrons. The lowest BCUT2D eigenvalue weighted by Gasteiger charge is -2.17. The van der Waals surface area contributed by atoms with Crippen molar-refractivity contribution in [1.29, 1.82) is 0 Å². The van der Waals surface area contributed by atoms with E-state index in [-0.39, 0.29) is 0 Å². The summed E-state index contributed by atoms with van der Waals surface area (Å²) in [4.78, 5) is 0. The summed E-state index contributed by atoms with van der Waals surface area (Å²) >= 11 is 0. The minimum Gasteiger partial charge on any atom is -0.316 e. The fraction of sp³-hybridized carbons (Fsp3) is 0.667. The summed E-state index contributed by atoms with van der Waals surface area (Å²) in [6.45, 7) is 11.4. The van der Waals surface area contributed by atoms with Gasteiger partial charge in [-0.15, -0.1) is 0 Å². The summed E-state index contributed by atoms with van der Waals surface area (Å²) in [6.07, 6.45) is 4.03. The Hall–Kier alpha value is -0.820. The monoisotopic (exact) mass is 259 g/mol. The van der Waals surface area contributed by atoms with Gasteiger partial charge in [-0.1, -0.05) is 52.0 Å². The Labute approximate surface area is 118 Å². The maximum atomic E-state index is 3.64. The zero-order chi connectivity index (χ0) is 13.9. The van der Waals surface area contributed by atoms with Crippen molar-refractivity contribution in [2.75, 3.05) is 13.1 Å². The molecule has 106 valence electrons. The van der Waals surface area contributed by atoms with Gasteiger partial charge in [0.15, 0.2) is 0 Å². The number of nitrogens with one attached hydrogen (secondary N) is 1. The molecule has 0 heterocycles. The highest BCUT2D eigenvalue weighted by atomic mass is 14.9. The third kappa shape index (κ3) is 4.35. The molecular formula is C18H29N. The molecule has 0 bridgehead atoms. The van der Waals surface area contributed by atoms with Crippen LogP contribution in [0.2, 0.25) is 0 Å². The Balaban J connectivity index is 1.86. The van der Waals surface area contributed by atoms with E-state index in [1.807, 2.05) is 0 Å². The number of hydrogen-bond acceptors (Lipinski definition) is 1. The lowest BCUT2D eigenvalue weighted by atomic mass is 9.94. The highest BCUT2D eigenvalue weighted by molar-refractivity contribution is 5.26. The summed E-state index contributed by atoms with van der Waals surface area (Å²) in [6, 6.07) is 9.27. The molecule has 1 N–H and O–H groups in total. The minimum atomic E-state index is 0.564. The maximum absolute atomic E-state index is 3.64. The third-order valence-electron chi connectivity index (χ3n) is 4.24. The minimum absolute atomic E-state index is 0.564. The van der Waals surface area contributed by atoms with Crippen LogP contribution in [-0.2, 0) is 6.42 Å². The van der Waals surface area contributed by atoms with E-state index in [2.05, 4.69) is 57.3 Å². The molecule has 1 aromatic carbocycles. The van der Waals surface area contributed by atoms with Gasteiger partial charge in [0, 0.05) is 6.54 Å². The van der Waals surface area contributed by atoms with E-state index in [1.54, 1.807) is 0 Å². The van der Waals surface area contributed by atoms with Crippen LogP contribution in [0.25, 0.3) is 0 Å². The van der Waals surface area contributed by atoms with Crippen molar-refractivity contribution in [3.8, 4) is 0 Å². The third-order valence-corrected chi connectivity index (χ3v) is 4.24. The predicted molar refractivity (Wildman–Crippen MR) is 83.6 cm³/mol. The molecular weight excluding hydrogens is 230 g/mol. The molecule has 1 saturated carbocycles. The van der Waals surface area contributed by atoms with E-state index in [0.29, 0.717) is 11.3 Å². The second kappa shape index (κ2) is 6.09. The van der Waals surface area contributed by atoms with E-state index >= 15 is 0 Å². The molecule has 1 nitrogen and oxygen atoms in total. The molecule has 19 heavy (non-hydrogen) atoms. The van der Waals surface area contributed by atoms with Gasteiger partial charge in [-0.05, 0) is 54.2 Å². The van der Waals surface area contributed by atoms with E-state index in [0.717, 1.165) is 12.5 Å². The molecule has 0 atom stereocenters. The van der Waals surface area contributed by atoms with Gasteiger partial charge in [0.05, 0.1) is 0 Å². The molecule has 1 fully saturated rings. The highest BCUT2D eigenvalue weighted by Gasteiger charge is 2.41. The van der Waals surface area contributed by atoms with Crippen molar-refractivity contribution in [2.45, 2.75) is 52.9 Å². The molecule has 0 spiro atoms. The predicted octanol–water partition coefficient (Wildman–Crippen LogP) is 4.38. The van der Waals surface area contributed by atoms with Gasteiger partial charge >= 0.3 is 0 Å². The summed E-state index contributed by atoms with van der Waals surface area (Å²) in [5.41, 5.74) is 3.52. The van der Waals surface area contributed by atoms with Gasteiger partial charge in [-0.2, -0.15) is 0 Å². The SMILES string of the molecule is CC(C)CNCC1(Cc2ccc(C(C)C)cc2)CC1. The normalized spacial score (nSPS) is 17.2. The van der Waals surface area contributed by atoms with Gasteiger partial charge in [-0.25, -0.2) is 0 Å². The lowest BCUT2D eigenvalue weighted by molar-refractivity contribution is 0.432. The molecule has 1 heteroatoms. The Bertz CT molecular complexity index is 385. The van der Waals surface area contributed by atoms with Gasteiger partial charge in [0.2, 0.25) is 0 Å². The zero-order valence-electron chi connectivity index (χ0n) is 13.0. The average Bonchev–Trinajstić information content (AvgIpc) is 3.09. The summed E-state index contributed by atoms with van der Waals surface area (Å²) in [7, 11) is 0. The molecule has 2 rings (SSSR count). The second-order valence-corrected chi connectivity index (χ2v) is 7.10. The largest absolute Gasteiger partial charge is 0.316 e. The van der Waals surface area contributed by atoms with Crippen LogP contribution in [0.1, 0.15) is 57.6 Å². The van der Waals surface area contributed by atoms with Crippen LogP contribution in [0.3, 0.4) is 0 Å².